The molecular weight excluding hydrogens is 267 g/mol. The summed E-state index contributed by atoms with van der Waals surface area (Å²) in [5.74, 6) is 0.135. The first-order valence-corrected chi connectivity index (χ1v) is 5.99. The molecule has 0 saturated carbocycles. The molecular formula is C15H14F3NO. The van der Waals surface area contributed by atoms with E-state index in [-0.39, 0.29) is 5.75 Å². The normalized spacial score (nSPS) is 13.1. The van der Waals surface area contributed by atoms with Crippen molar-refractivity contribution in [1.82, 2.24) is 0 Å². The van der Waals surface area contributed by atoms with Crippen molar-refractivity contribution in [3.8, 4) is 5.75 Å². The molecule has 0 bridgehead atoms. The van der Waals surface area contributed by atoms with Gasteiger partial charge in [-0.25, -0.2) is 0 Å². The van der Waals surface area contributed by atoms with Crippen molar-refractivity contribution in [1.29, 1.82) is 0 Å². The van der Waals surface area contributed by atoms with Crippen LogP contribution in [-0.2, 0) is 6.18 Å². The predicted molar refractivity (Wildman–Crippen MR) is 70.5 cm³/mol. The molecule has 2 aromatic carbocycles. The molecule has 0 spiro atoms. The van der Waals surface area contributed by atoms with Crippen molar-refractivity contribution in [3.05, 3.63) is 65.2 Å². The maximum absolute atomic E-state index is 12.7. The van der Waals surface area contributed by atoms with Gasteiger partial charge in [0.1, 0.15) is 5.75 Å². The fraction of sp³-hybridized carbons (Fsp3) is 0.200. The summed E-state index contributed by atoms with van der Waals surface area (Å²) in [5, 5.41) is 0. The molecule has 0 aliphatic rings. The highest BCUT2D eigenvalue weighted by Crippen LogP contribution is 2.35. The third-order valence-electron chi connectivity index (χ3n) is 3.05. The number of halogens is 3. The number of hydrogen-bond acceptors (Lipinski definition) is 2. The Morgan fingerprint density at radius 3 is 2.25 bits per heavy atom. The topological polar surface area (TPSA) is 35.2 Å². The van der Waals surface area contributed by atoms with E-state index in [2.05, 4.69) is 0 Å². The van der Waals surface area contributed by atoms with Gasteiger partial charge < -0.3 is 10.5 Å². The van der Waals surface area contributed by atoms with Crippen LogP contribution < -0.4 is 10.5 Å². The first-order valence-electron chi connectivity index (χ1n) is 5.99. The van der Waals surface area contributed by atoms with Crippen LogP contribution in [-0.4, -0.2) is 7.11 Å². The van der Waals surface area contributed by atoms with Crippen LogP contribution in [0.1, 0.15) is 22.7 Å². The zero-order valence-electron chi connectivity index (χ0n) is 10.8. The number of ether oxygens (including phenoxy) is 1. The minimum Gasteiger partial charge on any atom is -0.496 e. The van der Waals surface area contributed by atoms with Crippen LogP contribution in [0, 0.1) is 0 Å². The summed E-state index contributed by atoms with van der Waals surface area (Å²) in [7, 11) is 1.33. The second-order valence-corrected chi connectivity index (χ2v) is 4.34. The van der Waals surface area contributed by atoms with E-state index >= 15 is 0 Å². The maximum atomic E-state index is 12.7. The third-order valence-corrected chi connectivity index (χ3v) is 3.05. The molecule has 2 nitrogen and oxygen atoms in total. The summed E-state index contributed by atoms with van der Waals surface area (Å²) in [6, 6.07) is 12.0. The number of benzene rings is 2. The van der Waals surface area contributed by atoms with Crippen molar-refractivity contribution in [2.75, 3.05) is 7.11 Å². The van der Waals surface area contributed by atoms with E-state index in [4.69, 9.17) is 10.5 Å². The Hall–Kier alpha value is -2.01. The molecule has 2 aromatic rings. The van der Waals surface area contributed by atoms with Gasteiger partial charge in [0.25, 0.3) is 0 Å². The fourth-order valence-corrected chi connectivity index (χ4v) is 1.98. The Labute approximate surface area is 115 Å². The van der Waals surface area contributed by atoms with Gasteiger partial charge in [0.05, 0.1) is 18.7 Å². The molecule has 2 N–H and O–H groups in total. The van der Waals surface area contributed by atoms with Crippen LogP contribution in [0.5, 0.6) is 5.75 Å². The molecule has 1 atom stereocenters. The van der Waals surface area contributed by atoms with Crippen molar-refractivity contribution >= 4 is 0 Å². The number of nitrogens with two attached hydrogens (primary N) is 1. The molecule has 1 unspecified atom stereocenters. The van der Waals surface area contributed by atoms with E-state index in [1.807, 2.05) is 30.3 Å². The Morgan fingerprint density at radius 1 is 1.05 bits per heavy atom. The Morgan fingerprint density at radius 2 is 1.70 bits per heavy atom. The largest absolute Gasteiger partial charge is 0.496 e. The minimum absolute atomic E-state index is 0.135. The minimum atomic E-state index is -4.40. The smallest absolute Gasteiger partial charge is 0.416 e. The summed E-state index contributed by atoms with van der Waals surface area (Å²) < 4.78 is 43.1. The first kappa shape index (κ1) is 14.4. The molecule has 0 amide bonds. The molecule has 0 fully saturated rings. The molecule has 0 saturated heterocycles. The van der Waals surface area contributed by atoms with Crippen molar-refractivity contribution in [2.45, 2.75) is 12.2 Å². The lowest BCUT2D eigenvalue weighted by Gasteiger charge is -2.18. The lowest BCUT2D eigenvalue weighted by molar-refractivity contribution is -0.137. The zero-order chi connectivity index (χ0) is 14.8. The molecule has 5 heteroatoms. The van der Waals surface area contributed by atoms with E-state index in [9.17, 15) is 13.2 Å². The van der Waals surface area contributed by atoms with Crippen LogP contribution in [0.2, 0.25) is 0 Å². The molecule has 20 heavy (non-hydrogen) atoms. The summed E-state index contributed by atoms with van der Waals surface area (Å²) in [5.41, 5.74) is 6.67. The fourth-order valence-electron chi connectivity index (χ4n) is 1.98. The van der Waals surface area contributed by atoms with Crippen LogP contribution in [0.3, 0.4) is 0 Å². The predicted octanol–water partition coefficient (Wildman–Crippen LogP) is 3.76. The van der Waals surface area contributed by atoms with Gasteiger partial charge in [-0.3, -0.25) is 0 Å². The Kier molecular flexibility index (Phi) is 3.99. The van der Waals surface area contributed by atoms with Gasteiger partial charge in [-0.2, -0.15) is 13.2 Å². The highest BCUT2D eigenvalue weighted by atomic mass is 19.4. The molecule has 0 radical (unpaired) electrons. The van der Waals surface area contributed by atoms with Crippen LogP contribution in [0.15, 0.2) is 48.5 Å². The molecule has 0 aliphatic heterocycles. The van der Waals surface area contributed by atoms with Gasteiger partial charge in [0, 0.05) is 5.56 Å². The van der Waals surface area contributed by atoms with Gasteiger partial charge in [0.2, 0.25) is 0 Å². The lowest BCUT2D eigenvalue weighted by atomic mass is 9.97. The van der Waals surface area contributed by atoms with E-state index in [1.54, 1.807) is 0 Å². The maximum Gasteiger partial charge on any atom is 0.416 e. The van der Waals surface area contributed by atoms with Crippen LogP contribution in [0.25, 0.3) is 0 Å². The standard InChI is InChI=1S/C15H14F3NO/c1-20-13-9-11(15(16,17)18)7-8-12(13)14(19)10-5-3-2-4-6-10/h2-9,14H,19H2,1H3. The first-order chi connectivity index (χ1) is 9.43. The van der Waals surface area contributed by atoms with E-state index in [0.29, 0.717) is 5.56 Å². The zero-order valence-corrected chi connectivity index (χ0v) is 10.8. The lowest BCUT2D eigenvalue weighted by Crippen LogP contribution is -2.14. The van der Waals surface area contributed by atoms with Crippen LogP contribution >= 0.6 is 0 Å². The molecule has 0 aromatic heterocycles. The van der Waals surface area contributed by atoms with E-state index < -0.39 is 17.8 Å². The number of rotatable bonds is 3. The summed E-state index contributed by atoms with van der Waals surface area (Å²) in [4.78, 5) is 0. The second-order valence-electron chi connectivity index (χ2n) is 4.34. The molecule has 2 rings (SSSR count). The number of alkyl halides is 3. The third kappa shape index (κ3) is 2.93. The Balaban J connectivity index is 2.42. The van der Waals surface area contributed by atoms with Gasteiger partial charge >= 0.3 is 6.18 Å². The average molecular weight is 281 g/mol. The van der Waals surface area contributed by atoms with Crippen molar-refractivity contribution in [3.63, 3.8) is 0 Å². The van der Waals surface area contributed by atoms with Crippen LogP contribution in [0.4, 0.5) is 13.2 Å². The molecule has 106 valence electrons. The highest BCUT2D eigenvalue weighted by molar-refractivity contribution is 5.44. The van der Waals surface area contributed by atoms with Gasteiger partial charge in [-0.15, -0.1) is 0 Å². The highest BCUT2D eigenvalue weighted by Gasteiger charge is 2.31. The van der Waals surface area contributed by atoms with Gasteiger partial charge in [-0.05, 0) is 17.7 Å². The number of hydrogen-bond donors (Lipinski definition) is 1. The molecule has 0 aliphatic carbocycles. The van der Waals surface area contributed by atoms with Crippen molar-refractivity contribution < 1.29 is 17.9 Å². The quantitative estimate of drug-likeness (QED) is 0.929. The average Bonchev–Trinajstić information content (AvgIpc) is 2.45. The summed E-state index contributed by atoms with van der Waals surface area (Å²) >= 11 is 0. The van der Waals surface area contributed by atoms with Gasteiger partial charge in [-0.1, -0.05) is 36.4 Å². The Bertz CT molecular complexity index is 581. The van der Waals surface area contributed by atoms with E-state index in [1.165, 1.54) is 13.2 Å². The molecule has 0 heterocycles. The summed E-state index contributed by atoms with van der Waals surface area (Å²) in [6.07, 6.45) is -4.40. The van der Waals surface area contributed by atoms with Crippen molar-refractivity contribution in [2.24, 2.45) is 5.73 Å². The SMILES string of the molecule is COc1cc(C(F)(F)F)ccc1C(N)c1ccccc1. The number of methoxy groups -OCH3 is 1. The van der Waals surface area contributed by atoms with E-state index in [0.717, 1.165) is 17.7 Å². The van der Waals surface area contributed by atoms with Gasteiger partial charge in [0.15, 0.2) is 0 Å². The summed E-state index contributed by atoms with van der Waals surface area (Å²) in [6.45, 7) is 0. The second kappa shape index (κ2) is 5.54. The monoisotopic (exact) mass is 281 g/mol.